The Hall–Kier alpha value is -1.16. The van der Waals surface area contributed by atoms with Crippen LogP contribution in [0.1, 0.15) is 43.4 Å². The van der Waals surface area contributed by atoms with Gasteiger partial charge in [-0.05, 0) is 62.7 Å². The minimum absolute atomic E-state index is 0.518. The normalized spacial score (nSPS) is 38.2. The van der Waals surface area contributed by atoms with Crippen LogP contribution in [0.2, 0.25) is 0 Å². The standard InChI is InChI=1S/C16H24N4/c1-9-14(7-17)8-18-16(19-9)20-15-12-3-10-2-11(5-12)6-13(15)4-10/h8,10-13,15H,2-7,17H2,1H3,(H,18,19,20). The highest BCUT2D eigenvalue weighted by molar-refractivity contribution is 5.31. The van der Waals surface area contributed by atoms with E-state index >= 15 is 0 Å². The average Bonchev–Trinajstić information content (AvgIpc) is 2.42. The Balaban J connectivity index is 1.53. The van der Waals surface area contributed by atoms with Crippen LogP contribution < -0.4 is 11.1 Å². The lowest BCUT2D eigenvalue weighted by atomic mass is 9.54. The Kier molecular flexibility index (Phi) is 2.95. The van der Waals surface area contributed by atoms with Gasteiger partial charge in [-0.1, -0.05) is 0 Å². The van der Waals surface area contributed by atoms with Crippen LogP contribution in [0.4, 0.5) is 5.95 Å². The van der Waals surface area contributed by atoms with E-state index in [1.54, 1.807) is 0 Å². The van der Waals surface area contributed by atoms with Crippen molar-refractivity contribution in [3.63, 3.8) is 0 Å². The summed E-state index contributed by atoms with van der Waals surface area (Å²) in [7, 11) is 0. The highest BCUT2D eigenvalue weighted by Crippen LogP contribution is 2.54. The number of hydrogen-bond acceptors (Lipinski definition) is 4. The molecular formula is C16H24N4. The third-order valence-corrected chi connectivity index (χ3v) is 5.82. The van der Waals surface area contributed by atoms with Crippen molar-refractivity contribution < 1.29 is 0 Å². The third kappa shape index (κ3) is 2.01. The van der Waals surface area contributed by atoms with Gasteiger partial charge in [0.05, 0.1) is 0 Å². The van der Waals surface area contributed by atoms with Crippen LogP contribution in [-0.4, -0.2) is 16.0 Å². The number of aromatic nitrogens is 2. The second-order valence-electron chi connectivity index (χ2n) is 7.11. The van der Waals surface area contributed by atoms with Crippen molar-refractivity contribution in [2.45, 2.75) is 51.6 Å². The fraction of sp³-hybridized carbons (Fsp3) is 0.750. The molecule has 4 fully saturated rings. The van der Waals surface area contributed by atoms with E-state index in [1.165, 1.54) is 32.1 Å². The molecule has 4 aliphatic carbocycles. The second kappa shape index (κ2) is 4.69. The zero-order valence-electron chi connectivity index (χ0n) is 12.2. The molecule has 4 heteroatoms. The minimum atomic E-state index is 0.518. The minimum Gasteiger partial charge on any atom is -0.351 e. The quantitative estimate of drug-likeness (QED) is 0.887. The van der Waals surface area contributed by atoms with E-state index in [4.69, 9.17) is 5.73 Å². The van der Waals surface area contributed by atoms with E-state index in [-0.39, 0.29) is 0 Å². The molecule has 0 unspecified atom stereocenters. The second-order valence-corrected chi connectivity index (χ2v) is 7.11. The maximum atomic E-state index is 5.68. The molecule has 4 bridgehead atoms. The third-order valence-electron chi connectivity index (χ3n) is 5.82. The average molecular weight is 272 g/mol. The van der Waals surface area contributed by atoms with Crippen molar-refractivity contribution in [1.82, 2.24) is 9.97 Å². The van der Waals surface area contributed by atoms with Crippen LogP contribution in [0.5, 0.6) is 0 Å². The Bertz CT molecular complexity index is 485. The predicted molar refractivity (Wildman–Crippen MR) is 79.1 cm³/mol. The van der Waals surface area contributed by atoms with Crippen LogP contribution in [0.3, 0.4) is 0 Å². The molecule has 4 aliphatic rings. The van der Waals surface area contributed by atoms with Gasteiger partial charge in [0, 0.05) is 30.0 Å². The molecule has 0 aromatic carbocycles. The van der Waals surface area contributed by atoms with Gasteiger partial charge in [0.25, 0.3) is 0 Å². The van der Waals surface area contributed by atoms with E-state index in [1.807, 2.05) is 13.1 Å². The molecule has 0 radical (unpaired) electrons. The summed E-state index contributed by atoms with van der Waals surface area (Å²) in [5, 5.41) is 3.65. The first-order valence-electron chi connectivity index (χ1n) is 8.02. The Labute approximate surface area is 120 Å². The highest BCUT2D eigenvalue weighted by Gasteiger charge is 2.48. The Morgan fingerprint density at radius 2 is 1.80 bits per heavy atom. The zero-order valence-corrected chi connectivity index (χ0v) is 12.2. The van der Waals surface area contributed by atoms with Crippen LogP contribution in [0.25, 0.3) is 0 Å². The topological polar surface area (TPSA) is 63.8 Å². The number of nitrogens with one attached hydrogen (secondary N) is 1. The first-order valence-corrected chi connectivity index (χ1v) is 8.02. The van der Waals surface area contributed by atoms with Crippen LogP contribution in [0.15, 0.2) is 6.20 Å². The molecule has 1 aromatic heterocycles. The summed E-state index contributed by atoms with van der Waals surface area (Å²) in [6.07, 6.45) is 9.06. The maximum absolute atomic E-state index is 5.68. The fourth-order valence-corrected chi connectivity index (χ4v) is 5.07. The van der Waals surface area contributed by atoms with Gasteiger partial charge in [-0.2, -0.15) is 0 Å². The first-order chi connectivity index (χ1) is 9.72. The van der Waals surface area contributed by atoms with Crippen molar-refractivity contribution >= 4 is 5.95 Å². The molecule has 0 aliphatic heterocycles. The molecule has 5 rings (SSSR count). The van der Waals surface area contributed by atoms with E-state index in [9.17, 15) is 0 Å². The lowest BCUT2D eigenvalue weighted by Gasteiger charge is -2.54. The Morgan fingerprint density at radius 1 is 1.15 bits per heavy atom. The number of nitrogens with two attached hydrogens (primary N) is 1. The molecule has 1 heterocycles. The van der Waals surface area contributed by atoms with E-state index in [2.05, 4.69) is 15.3 Å². The molecule has 0 saturated heterocycles. The summed E-state index contributed by atoms with van der Waals surface area (Å²) < 4.78 is 0. The van der Waals surface area contributed by atoms with Gasteiger partial charge >= 0.3 is 0 Å². The number of nitrogens with zero attached hydrogens (tertiary/aromatic N) is 2. The molecular weight excluding hydrogens is 248 g/mol. The van der Waals surface area contributed by atoms with Crippen LogP contribution in [-0.2, 0) is 6.54 Å². The summed E-state index contributed by atoms with van der Waals surface area (Å²) in [4.78, 5) is 9.05. The fourth-order valence-electron chi connectivity index (χ4n) is 5.07. The van der Waals surface area contributed by atoms with Crippen molar-refractivity contribution in [3.05, 3.63) is 17.5 Å². The number of aryl methyl sites for hydroxylation is 1. The summed E-state index contributed by atoms with van der Waals surface area (Å²) in [5.41, 5.74) is 7.73. The van der Waals surface area contributed by atoms with E-state index in [0.717, 1.165) is 40.9 Å². The summed E-state index contributed by atoms with van der Waals surface area (Å²) in [6, 6.07) is 0.603. The monoisotopic (exact) mass is 272 g/mol. The molecule has 0 amide bonds. The van der Waals surface area contributed by atoms with Crippen molar-refractivity contribution in [2.24, 2.45) is 29.4 Å². The molecule has 0 atom stereocenters. The summed E-state index contributed by atoms with van der Waals surface area (Å²) in [5.74, 6) is 4.53. The lowest BCUT2D eigenvalue weighted by Crippen LogP contribution is -2.51. The number of hydrogen-bond donors (Lipinski definition) is 2. The first kappa shape index (κ1) is 12.6. The van der Waals surface area contributed by atoms with Gasteiger partial charge < -0.3 is 11.1 Å². The van der Waals surface area contributed by atoms with Gasteiger partial charge in [-0.15, -0.1) is 0 Å². The largest absolute Gasteiger partial charge is 0.351 e. The summed E-state index contributed by atoms with van der Waals surface area (Å²) >= 11 is 0. The zero-order chi connectivity index (χ0) is 13.7. The van der Waals surface area contributed by atoms with Crippen molar-refractivity contribution in [3.8, 4) is 0 Å². The highest BCUT2D eigenvalue weighted by atomic mass is 15.1. The van der Waals surface area contributed by atoms with Crippen molar-refractivity contribution in [1.29, 1.82) is 0 Å². The summed E-state index contributed by atoms with van der Waals surface area (Å²) in [6.45, 7) is 2.54. The Morgan fingerprint density at radius 3 is 2.35 bits per heavy atom. The van der Waals surface area contributed by atoms with Gasteiger partial charge in [-0.3, -0.25) is 0 Å². The lowest BCUT2D eigenvalue weighted by molar-refractivity contribution is 0.00728. The van der Waals surface area contributed by atoms with Gasteiger partial charge in [0.15, 0.2) is 0 Å². The number of anilines is 1. The molecule has 3 N–H and O–H groups in total. The molecule has 0 spiro atoms. The van der Waals surface area contributed by atoms with E-state index in [0.29, 0.717) is 12.6 Å². The van der Waals surface area contributed by atoms with Crippen molar-refractivity contribution in [2.75, 3.05) is 5.32 Å². The predicted octanol–water partition coefficient (Wildman–Crippen LogP) is 2.48. The molecule has 108 valence electrons. The van der Waals surface area contributed by atoms with E-state index < -0.39 is 0 Å². The maximum Gasteiger partial charge on any atom is 0.223 e. The molecule has 4 saturated carbocycles. The van der Waals surface area contributed by atoms with Gasteiger partial charge in [-0.25, -0.2) is 9.97 Å². The molecule has 1 aromatic rings. The molecule has 4 nitrogen and oxygen atoms in total. The molecule has 20 heavy (non-hydrogen) atoms. The van der Waals surface area contributed by atoms with Crippen LogP contribution in [0, 0.1) is 30.6 Å². The van der Waals surface area contributed by atoms with Gasteiger partial charge in [0.1, 0.15) is 0 Å². The SMILES string of the molecule is Cc1nc(NC2C3CC4CC(C3)CC2C4)ncc1CN. The smallest absolute Gasteiger partial charge is 0.223 e. The number of rotatable bonds is 3. The van der Waals surface area contributed by atoms with Gasteiger partial charge in [0.2, 0.25) is 5.95 Å². The van der Waals surface area contributed by atoms with Crippen LogP contribution >= 0.6 is 0 Å².